The standard InChI is InChI=1S/C13H17ClF2N2O2/c1-3-4-5-8-7-19-13(2,20-8)9-6-17-12(11(15)16)18-10(9)14/h6,8,11H,3-5,7H2,1-2H3. The minimum absolute atomic E-state index is 0.0224. The highest BCUT2D eigenvalue weighted by Crippen LogP contribution is 2.38. The first-order chi connectivity index (χ1) is 9.46. The Bertz CT molecular complexity index is 476. The summed E-state index contributed by atoms with van der Waals surface area (Å²) in [6.07, 6.45) is 1.48. The minimum atomic E-state index is -2.75. The van der Waals surface area contributed by atoms with Gasteiger partial charge in [-0.25, -0.2) is 18.7 Å². The highest BCUT2D eigenvalue weighted by atomic mass is 35.5. The molecule has 20 heavy (non-hydrogen) atoms. The van der Waals surface area contributed by atoms with E-state index in [0.717, 1.165) is 19.3 Å². The average molecular weight is 307 g/mol. The summed E-state index contributed by atoms with van der Waals surface area (Å²) in [6.45, 7) is 4.25. The SMILES string of the molecule is CCCCC1COC(C)(c2cnc(C(F)F)nc2Cl)O1. The molecule has 1 fully saturated rings. The lowest BCUT2D eigenvalue weighted by molar-refractivity contribution is -0.162. The summed E-state index contributed by atoms with van der Waals surface area (Å²) in [6, 6.07) is 0. The highest BCUT2D eigenvalue weighted by molar-refractivity contribution is 6.30. The molecule has 0 amide bonds. The van der Waals surface area contributed by atoms with Crippen LogP contribution in [0.3, 0.4) is 0 Å². The van der Waals surface area contributed by atoms with E-state index < -0.39 is 18.0 Å². The van der Waals surface area contributed by atoms with Gasteiger partial charge in [-0.3, -0.25) is 0 Å². The van der Waals surface area contributed by atoms with Gasteiger partial charge in [0.15, 0.2) is 11.6 Å². The van der Waals surface area contributed by atoms with Gasteiger partial charge >= 0.3 is 0 Å². The van der Waals surface area contributed by atoms with Gasteiger partial charge in [-0.2, -0.15) is 0 Å². The van der Waals surface area contributed by atoms with Crippen LogP contribution in [0, 0.1) is 0 Å². The van der Waals surface area contributed by atoms with Crippen molar-refractivity contribution < 1.29 is 18.3 Å². The molecule has 112 valence electrons. The number of nitrogens with zero attached hydrogens (tertiary/aromatic N) is 2. The molecule has 0 saturated carbocycles. The summed E-state index contributed by atoms with van der Waals surface area (Å²) in [5.74, 6) is -1.67. The van der Waals surface area contributed by atoms with Crippen molar-refractivity contribution in [3.63, 3.8) is 0 Å². The van der Waals surface area contributed by atoms with Crippen LogP contribution in [0.5, 0.6) is 0 Å². The largest absolute Gasteiger partial charge is 0.343 e. The second kappa shape index (κ2) is 6.28. The second-order valence-corrected chi connectivity index (χ2v) is 5.23. The van der Waals surface area contributed by atoms with Crippen LogP contribution >= 0.6 is 11.6 Å². The van der Waals surface area contributed by atoms with Crippen molar-refractivity contribution in [1.29, 1.82) is 0 Å². The molecule has 0 bridgehead atoms. The number of hydrogen-bond acceptors (Lipinski definition) is 4. The van der Waals surface area contributed by atoms with Gasteiger partial charge in [0.05, 0.1) is 18.3 Å². The molecule has 0 N–H and O–H groups in total. The summed E-state index contributed by atoms with van der Waals surface area (Å²) in [5.41, 5.74) is 0.377. The molecule has 4 nitrogen and oxygen atoms in total. The Hall–Kier alpha value is -0.850. The fourth-order valence-electron chi connectivity index (χ4n) is 2.14. The van der Waals surface area contributed by atoms with Crippen LogP contribution in [-0.2, 0) is 15.3 Å². The molecular weight excluding hydrogens is 290 g/mol. The van der Waals surface area contributed by atoms with Gasteiger partial charge in [0.25, 0.3) is 6.43 Å². The van der Waals surface area contributed by atoms with Crippen LogP contribution in [0.1, 0.15) is 50.9 Å². The van der Waals surface area contributed by atoms with Gasteiger partial charge in [0.1, 0.15) is 5.15 Å². The molecule has 0 aliphatic carbocycles. The maximum atomic E-state index is 12.5. The molecule has 1 saturated heterocycles. The number of alkyl halides is 2. The Balaban J connectivity index is 2.15. The van der Waals surface area contributed by atoms with Gasteiger partial charge in [-0.1, -0.05) is 31.4 Å². The van der Waals surface area contributed by atoms with Crippen LogP contribution in [-0.4, -0.2) is 22.7 Å². The van der Waals surface area contributed by atoms with Gasteiger partial charge in [0, 0.05) is 6.20 Å². The van der Waals surface area contributed by atoms with Gasteiger partial charge in [-0.15, -0.1) is 0 Å². The molecule has 7 heteroatoms. The van der Waals surface area contributed by atoms with Crippen molar-refractivity contribution in [3.05, 3.63) is 22.7 Å². The molecule has 2 unspecified atom stereocenters. The fourth-order valence-corrected chi connectivity index (χ4v) is 2.44. The second-order valence-electron chi connectivity index (χ2n) is 4.87. The van der Waals surface area contributed by atoms with Crippen LogP contribution < -0.4 is 0 Å². The van der Waals surface area contributed by atoms with E-state index in [9.17, 15) is 8.78 Å². The molecular formula is C13H17ClF2N2O2. The summed E-state index contributed by atoms with van der Waals surface area (Å²) < 4.78 is 36.5. The van der Waals surface area contributed by atoms with Crippen LogP contribution in [0.4, 0.5) is 8.78 Å². The zero-order valence-corrected chi connectivity index (χ0v) is 12.2. The fraction of sp³-hybridized carbons (Fsp3) is 0.692. The number of rotatable bonds is 5. The van der Waals surface area contributed by atoms with E-state index in [0.29, 0.717) is 12.2 Å². The number of hydrogen-bond donors (Lipinski definition) is 0. The first-order valence-corrected chi connectivity index (χ1v) is 6.97. The van der Waals surface area contributed by atoms with E-state index in [1.807, 2.05) is 0 Å². The zero-order valence-electron chi connectivity index (χ0n) is 11.4. The van der Waals surface area contributed by atoms with Crippen molar-refractivity contribution in [3.8, 4) is 0 Å². The lowest BCUT2D eigenvalue weighted by atomic mass is 10.1. The van der Waals surface area contributed by atoms with E-state index in [1.165, 1.54) is 6.20 Å². The van der Waals surface area contributed by atoms with E-state index in [1.54, 1.807) is 6.92 Å². The van der Waals surface area contributed by atoms with Crippen molar-refractivity contribution in [1.82, 2.24) is 9.97 Å². The minimum Gasteiger partial charge on any atom is -0.343 e. The van der Waals surface area contributed by atoms with Crippen LogP contribution in [0.25, 0.3) is 0 Å². The highest BCUT2D eigenvalue weighted by Gasteiger charge is 2.41. The van der Waals surface area contributed by atoms with Crippen molar-refractivity contribution in [2.24, 2.45) is 0 Å². The molecule has 1 aromatic heterocycles. The smallest absolute Gasteiger partial charge is 0.297 e. The summed E-state index contributed by atoms with van der Waals surface area (Å²) >= 11 is 5.95. The third kappa shape index (κ3) is 3.24. The maximum absolute atomic E-state index is 12.5. The summed E-state index contributed by atoms with van der Waals surface area (Å²) in [4.78, 5) is 7.20. The molecule has 0 radical (unpaired) electrons. The molecule has 1 aliphatic rings. The van der Waals surface area contributed by atoms with Crippen molar-refractivity contribution >= 4 is 11.6 Å². The number of ether oxygens (including phenoxy) is 2. The number of aromatic nitrogens is 2. The predicted octanol–water partition coefficient (Wildman–Crippen LogP) is 3.85. The topological polar surface area (TPSA) is 44.2 Å². The van der Waals surface area contributed by atoms with E-state index >= 15 is 0 Å². The van der Waals surface area contributed by atoms with Gasteiger partial charge < -0.3 is 9.47 Å². The molecule has 2 heterocycles. The Morgan fingerprint density at radius 2 is 2.30 bits per heavy atom. The normalized spacial score (nSPS) is 26.4. The molecule has 0 aromatic carbocycles. The average Bonchev–Trinajstić information content (AvgIpc) is 2.78. The van der Waals surface area contributed by atoms with E-state index in [4.69, 9.17) is 21.1 Å². The van der Waals surface area contributed by atoms with E-state index in [-0.39, 0.29) is 11.3 Å². The van der Waals surface area contributed by atoms with Crippen molar-refractivity contribution in [2.75, 3.05) is 6.61 Å². The lowest BCUT2D eigenvalue weighted by Gasteiger charge is -2.24. The molecule has 1 aromatic rings. The molecule has 0 spiro atoms. The number of unbranched alkanes of at least 4 members (excludes halogenated alkanes) is 1. The first kappa shape index (κ1) is 15.5. The Morgan fingerprint density at radius 1 is 1.55 bits per heavy atom. The zero-order chi connectivity index (χ0) is 14.8. The summed E-state index contributed by atoms with van der Waals surface area (Å²) in [5, 5.41) is -0.0612. The quantitative estimate of drug-likeness (QED) is 0.775. The maximum Gasteiger partial charge on any atom is 0.297 e. The monoisotopic (exact) mass is 306 g/mol. The lowest BCUT2D eigenvalue weighted by Crippen LogP contribution is -2.25. The first-order valence-electron chi connectivity index (χ1n) is 6.59. The van der Waals surface area contributed by atoms with Crippen molar-refractivity contribution in [2.45, 2.75) is 51.4 Å². The Kier molecular flexibility index (Phi) is 4.88. The molecule has 1 aliphatic heterocycles. The third-order valence-corrected chi connectivity index (χ3v) is 3.55. The molecule has 2 atom stereocenters. The van der Waals surface area contributed by atoms with Gasteiger partial charge in [-0.05, 0) is 13.3 Å². The molecule has 2 rings (SSSR count). The Morgan fingerprint density at radius 3 is 2.90 bits per heavy atom. The summed E-state index contributed by atoms with van der Waals surface area (Å²) in [7, 11) is 0. The van der Waals surface area contributed by atoms with Gasteiger partial charge in [0.2, 0.25) is 0 Å². The number of halogens is 3. The van der Waals surface area contributed by atoms with Crippen LogP contribution in [0.15, 0.2) is 6.20 Å². The predicted molar refractivity (Wildman–Crippen MR) is 69.7 cm³/mol. The van der Waals surface area contributed by atoms with E-state index in [2.05, 4.69) is 16.9 Å². The third-order valence-electron chi connectivity index (χ3n) is 3.26. The van der Waals surface area contributed by atoms with Crippen LogP contribution in [0.2, 0.25) is 5.15 Å². The Labute approximate surface area is 121 Å².